The van der Waals surface area contributed by atoms with E-state index in [1.165, 1.54) is 10.9 Å². The van der Waals surface area contributed by atoms with Crippen LogP contribution in [0.3, 0.4) is 0 Å². The standard InChI is InChI=1S/C23H28N2O3/c1-14(2)22-18-12-16(28-17-9-10-24-13-17)6-7-19(18)25-23(22)15-5-8-20(26-3)21(11-15)27-4/h5-8,11-12,14,17,24-25H,9-10,13H2,1-4H3/t17-/m0/s1. The quantitative estimate of drug-likeness (QED) is 0.650. The Morgan fingerprint density at radius 3 is 2.50 bits per heavy atom. The number of hydrogen-bond donors (Lipinski definition) is 2. The lowest BCUT2D eigenvalue weighted by atomic mass is 9.96. The second-order valence-corrected chi connectivity index (χ2v) is 7.58. The van der Waals surface area contributed by atoms with E-state index in [0.29, 0.717) is 5.92 Å². The van der Waals surface area contributed by atoms with Gasteiger partial charge in [-0.1, -0.05) is 13.8 Å². The number of rotatable bonds is 6. The van der Waals surface area contributed by atoms with Crippen LogP contribution in [0.25, 0.3) is 22.2 Å². The fourth-order valence-electron chi connectivity index (χ4n) is 4.01. The molecule has 2 N–H and O–H groups in total. The first-order valence-corrected chi connectivity index (χ1v) is 9.86. The van der Waals surface area contributed by atoms with Crippen LogP contribution in [0.1, 0.15) is 31.7 Å². The average molecular weight is 380 g/mol. The van der Waals surface area contributed by atoms with Crippen molar-refractivity contribution >= 4 is 10.9 Å². The number of benzene rings is 2. The summed E-state index contributed by atoms with van der Waals surface area (Å²) in [6.07, 6.45) is 1.31. The number of hydrogen-bond acceptors (Lipinski definition) is 4. The number of aromatic amines is 1. The Hall–Kier alpha value is -2.66. The fraction of sp³-hybridized carbons (Fsp3) is 0.391. The van der Waals surface area contributed by atoms with Crippen molar-refractivity contribution in [3.05, 3.63) is 42.0 Å². The highest BCUT2D eigenvalue weighted by atomic mass is 16.5. The van der Waals surface area contributed by atoms with Gasteiger partial charge in [0.05, 0.1) is 19.9 Å². The summed E-state index contributed by atoms with van der Waals surface area (Å²) in [6.45, 7) is 6.39. The largest absolute Gasteiger partial charge is 0.493 e. The molecule has 0 saturated carbocycles. The van der Waals surface area contributed by atoms with Crippen molar-refractivity contribution in [1.82, 2.24) is 10.3 Å². The fourth-order valence-corrected chi connectivity index (χ4v) is 4.01. The van der Waals surface area contributed by atoms with Gasteiger partial charge in [-0.3, -0.25) is 0 Å². The molecule has 2 heterocycles. The number of fused-ring (bicyclic) bond motifs is 1. The van der Waals surface area contributed by atoms with Gasteiger partial charge in [0, 0.05) is 23.0 Å². The topological polar surface area (TPSA) is 55.5 Å². The zero-order valence-electron chi connectivity index (χ0n) is 17.0. The van der Waals surface area contributed by atoms with Crippen LogP contribution in [0.5, 0.6) is 17.2 Å². The van der Waals surface area contributed by atoms with Gasteiger partial charge in [0.15, 0.2) is 11.5 Å². The van der Waals surface area contributed by atoms with Crippen molar-refractivity contribution in [3.63, 3.8) is 0 Å². The molecule has 0 bridgehead atoms. The molecule has 28 heavy (non-hydrogen) atoms. The zero-order chi connectivity index (χ0) is 19.7. The molecule has 2 aromatic carbocycles. The Morgan fingerprint density at radius 2 is 1.82 bits per heavy atom. The molecule has 0 radical (unpaired) electrons. The summed E-state index contributed by atoms with van der Waals surface area (Å²) in [5, 5.41) is 4.56. The van der Waals surface area contributed by atoms with Crippen LogP contribution in [0.2, 0.25) is 0 Å². The van der Waals surface area contributed by atoms with Crippen molar-refractivity contribution < 1.29 is 14.2 Å². The van der Waals surface area contributed by atoms with E-state index in [2.05, 4.69) is 48.4 Å². The van der Waals surface area contributed by atoms with E-state index < -0.39 is 0 Å². The summed E-state index contributed by atoms with van der Waals surface area (Å²) < 4.78 is 17.1. The Labute approximate surface area is 166 Å². The maximum absolute atomic E-state index is 6.19. The van der Waals surface area contributed by atoms with Gasteiger partial charge in [-0.15, -0.1) is 0 Å². The zero-order valence-corrected chi connectivity index (χ0v) is 17.0. The highest BCUT2D eigenvalue weighted by molar-refractivity contribution is 5.92. The molecular weight excluding hydrogens is 352 g/mol. The van der Waals surface area contributed by atoms with Crippen LogP contribution < -0.4 is 19.5 Å². The van der Waals surface area contributed by atoms with Gasteiger partial charge >= 0.3 is 0 Å². The smallest absolute Gasteiger partial charge is 0.161 e. The van der Waals surface area contributed by atoms with E-state index in [4.69, 9.17) is 14.2 Å². The molecule has 0 spiro atoms. The second-order valence-electron chi connectivity index (χ2n) is 7.58. The minimum atomic E-state index is 0.254. The molecule has 1 aliphatic rings. The number of methoxy groups -OCH3 is 2. The molecule has 0 amide bonds. The Kier molecular flexibility index (Phi) is 5.18. The third-order valence-electron chi connectivity index (χ3n) is 5.38. The minimum absolute atomic E-state index is 0.254. The van der Waals surface area contributed by atoms with Gasteiger partial charge in [0.2, 0.25) is 0 Å². The van der Waals surface area contributed by atoms with Gasteiger partial charge in [-0.25, -0.2) is 0 Å². The summed E-state index contributed by atoms with van der Waals surface area (Å²) >= 11 is 0. The first kappa shape index (κ1) is 18.7. The average Bonchev–Trinajstić information content (AvgIpc) is 3.34. The summed E-state index contributed by atoms with van der Waals surface area (Å²) in [7, 11) is 3.32. The van der Waals surface area contributed by atoms with E-state index in [0.717, 1.165) is 53.5 Å². The third-order valence-corrected chi connectivity index (χ3v) is 5.38. The molecule has 4 rings (SSSR count). The maximum atomic E-state index is 6.19. The lowest BCUT2D eigenvalue weighted by Crippen LogP contribution is -2.19. The van der Waals surface area contributed by atoms with Crippen molar-refractivity contribution in [2.45, 2.75) is 32.3 Å². The van der Waals surface area contributed by atoms with Crippen LogP contribution in [-0.4, -0.2) is 38.4 Å². The summed E-state index contributed by atoms with van der Waals surface area (Å²) in [5.41, 5.74) is 4.60. The van der Waals surface area contributed by atoms with Gasteiger partial charge in [0.25, 0.3) is 0 Å². The molecule has 1 aliphatic heterocycles. The van der Waals surface area contributed by atoms with Crippen LogP contribution in [0.4, 0.5) is 0 Å². The first-order chi connectivity index (χ1) is 13.6. The number of aromatic nitrogens is 1. The molecule has 5 nitrogen and oxygen atoms in total. The summed E-state index contributed by atoms with van der Waals surface area (Å²) in [6, 6.07) is 12.4. The first-order valence-electron chi connectivity index (χ1n) is 9.86. The van der Waals surface area contributed by atoms with E-state index in [1.807, 2.05) is 12.1 Å². The van der Waals surface area contributed by atoms with Gasteiger partial charge in [-0.2, -0.15) is 0 Å². The monoisotopic (exact) mass is 380 g/mol. The van der Waals surface area contributed by atoms with Crippen molar-refractivity contribution in [2.75, 3.05) is 27.3 Å². The van der Waals surface area contributed by atoms with Crippen LogP contribution in [-0.2, 0) is 0 Å². The van der Waals surface area contributed by atoms with Crippen molar-refractivity contribution in [3.8, 4) is 28.5 Å². The molecule has 148 valence electrons. The van der Waals surface area contributed by atoms with E-state index in [-0.39, 0.29) is 6.10 Å². The van der Waals surface area contributed by atoms with Crippen molar-refractivity contribution in [2.24, 2.45) is 0 Å². The molecule has 0 aliphatic carbocycles. The minimum Gasteiger partial charge on any atom is -0.493 e. The number of H-pyrrole nitrogens is 1. The van der Waals surface area contributed by atoms with E-state index in [9.17, 15) is 0 Å². The van der Waals surface area contributed by atoms with E-state index in [1.54, 1.807) is 14.2 Å². The Bertz CT molecular complexity index is 971. The molecule has 1 saturated heterocycles. The molecule has 1 atom stereocenters. The lowest BCUT2D eigenvalue weighted by Gasteiger charge is -2.14. The van der Waals surface area contributed by atoms with Gasteiger partial charge in [-0.05, 0) is 60.8 Å². The predicted molar refractivity (Wildman–Crippen MR) is 113 cm³/mol. The Morgan fingerprint density at radius 1 is 1.00 bits per heavy atom. The van der Waals surface area contributed by atoms with Gasteiger partial charge in [0.1, 0.15) is 11.9 Å². The molecule has 0 unspecified atom stereocenters. The number of ether oxygens (including phenoxy) is 3. The third kappa shape index (κ3) is 3.42. The molecule has 1 fully saturated rings. The van der Waals surface area contributed by atoms with Crippen LogP contribution in [0.15, 0.2) is 36.4 Å². The molecule has 3 aromatic rings. The molecule has 1 aromatic heterocycles. The highest BCUT2D eigenvalue weighted by Gasteiger charge is 2.20. The molecule has 5 heteroatoms. The summed E-state index contributed by atoms with van der Waals surface area (Å²) in [5.74, 6) is 2.75. The predicted octanol–water partition coefficient (Wildman–Crippen LogP) is 4.72. The maximum Gasteiger partial charge on any atom is 0.161 e. The van der Waals surface area contributed by atoms with E-state index >= 15 is 0 Å². The van der Waals surface area contributed by atoms with Crippen LogP contribution >= 0.6 is 0 Å². The second kappa shape index (κ2) is 7.76. The molecular formula is C23H28N2O3. The van der Waals surface area contributed by atoms with Gasteiger partial charge < -0.3 is 24.5 Å². The highest BCUT2D eigenvalue weighted by Crippen LogP contribution is 2.40. The normalized spacial score (nSPS) is 16.7. The lowest BCUT2D eigenvalue weighted by molar-refractivity contribution is 0.223. The van der Waals surface area contributed by atoms with Crippen LogP contribution in [0, 0.1) is 0 Å². The Balaban J connectivity index is 1.79. The number of nitrogens with one attached hydrogen (secondary N) is 2. The van der Waals surface area contributed by atoms with Crippen molar-refractivity contribution in [1.29, 1.82) is 0 Å². The summed E-state index contributed by atoms with van der Waals surface area (Å²) in [4.78, 5) is 3.61. The SMILES string of the molecule is COc1ccc(-c2[nH]c3ccc(O[C@H]4CCNC4)cc3c2C(C)C)cc1OC.